The molecule has 2 aliphatic rings. The van der Waals surface area contributed by atoms with Crippen LogP contribution in [-0.2, 0) is 6.54 Å². The first-order valence-electron chi connectivity index (χ1n) is 11.9. The lowest BCUT2D eigenvalue weighted by atomic mass is 9.96. The van der Waals surface area contributed by atoms with Crippen molar-refractivity contribution in [2.75, 3.05) is 33.3 Å². The van der Waals surface area contributed by atoms with Crippen LogP contribution in [0.5, 0.6) is 5.75 Å². The van der Waals surface area contributed by atoms with Gasteiger partial charge in [0.05, 0.1) is 7.11 Å². The zero-order valence-electron chi connectivity index (χ0n) is 18.9. The Hall–Kier alpha value is -1.84. The van der Waals surface area contributed by atoms with Crippen molar-refractivity contribution in [1.29, 1.82) is 0 Å². The van der Waals surface area contributed by atoms with E-state index in [9.17, 15) is 0 Å². The molecule has 2 heterocycles. The van der Waals surface area contributed by atoms with Crippen molar-refractivity contribution >= 4 is 0 Å². The first-order valence-corrected chi connectivity index (χ1v) is 11.9. The minimum absolute atomic E-state index is 0.749. The van der Waals surface area contributed by atoms with Crippen molar-refractivity contribution in [2.45, 2.75) is 58.0 Å². The van der Waals surface area contributed by atoms with Gasteiger partial charge in [-0.2, -0.15) is 0 Å². The van der Waals surface area contributed by atoms with Crippen LogP contribution in [0.25, 0.3) is 11.1 Å². The summed E-state index contributed by atoms with van der Waals surface area (Å²) in [7, 11) is 1.71. The second-order valence-electron chi connectivity index (χ2n) is 9.36. The van der Waals surface area contributed by atoms with Crippen LogP contribution in [0.4, 0.5) is 0 Å². The molecular formula is C27H38N2O. The molecule has 2 aromatic carbocycles. The third-order valence-electron chi connectivity index (χ3n) is 7.17. The number of piperidine rings is 2. The fourth-order valence-corrected chi connectivity index (χ4v) is 5.03. The van der Waals surface area contributed by atoms with Gasteiger partial charge >= 0.3 is 0 Å². The minimum atomic E-state index is 0.749. The molecule has 30 heavy (non-hydrogen) atoms. The van der Waals surface area contributed by atoms with Crippen LogP contribution in [0, 0.1) is 5.92 Å². The summed E-state index contributed by atoms with van der Waals surface area (Å²) in [6, 6.07) is 18.3. The zero-order chi connectivity index (χ0) is 20.8. The van der Waals surface area contributed by atoms with Gasteiger partial charge in [0.1, 0.15) is 5.75 Å². The lowest BCUT2D eigenvalue weighted by Gasteiger charge is -2.38. The van der Waals surface area contributed by atoms with E-state index in [-0.39, 0.29) is 0 Å². The number of ether oxygens (including phenoxy) is 1. The highest BCUT2D eigenvalue weighted by Gasteiger charge is 2.24. The molecule has 0 bridgehead atoms. The van der Waals surface area contributed by atoms with Gasteiger partial charge in [-0.3, -0.25) is 4.90 Å². The van der Waals surface area contributed by atoms with Gasteiger partial charge in [0.15, 0.2) is 0 Å². The van der Waals surface area contributed by atoms with Crippen LogP contribution >= 0.6 is 0 Å². The summed E-state index contributed by atoms with van der Waals surface area (Å²) in [5.74, 6) is 1.83. The topological polar surface area (TPSA) is 15.7 Å². The molecule has 2 aliphatic heterocycles. The molecule has 1 atom stereocenters. The molecule has 0 radical (unpaired) electrons. The highest BCUT2D eigenvalue weighted by molar-refractivity contribution is 5.64. The van der Waals surface area contributed by atoms with Crippen molar-refractivity contribution in [3.8, 4) is 16.9 Å². The molecule has 162 valence electrons. The number of hydrogen-bond acceptors (Lipinski definition) is 3. The largest absolute Gasteiger partial charge is 0.497 e. The van der Waals surface area contributed by atoms with Crippen LogP contribution in [-0.4, -0.2) is 49.1 Å². The Bertz CT molecular complexity index is 762. The molecule has 4 rings (SSSR count). The van der Waals surface area contributed by atoms with Gasteiger partial charge in [0, 0.05) is 12.6 Å². The van der Waals surface area contributed by atoms with E-state index in [0.717, 1.165) is 24.3 Å². The Morgan fingerprint density at radius 3 is 2.17 bits per heavy atom. The van der Waals surface area contributed by atoms with Gasteiger partial charge in [0.25, 0.3) is 0 Å². The van der Waals surface area contributed by atoms with E-state index in [2.05, 4.69) is 53.1 Å². The summed E-state index contributed by atoms with van der Waals surface area (Å²) < 4.78 is 5.27. The van der Waals surface area contributed by atoms with Gasteiger partial charge < -0.3 is 9.64 Å². The van der Waals surface area contributed by atoms with Gasteiger partial charge in [-0.25, -0.2) is 0 Å². The smallest absolute Gasteiger partial charge is 0.118 e. The molecule has 2 saturated heterocycles. The van der Waals surface area contributed by atoms with Crippen LogP contribution < -0.4 is 4.74 Å². The zero-order valence-corrected chi connectivity index (χ0v) is 18.9. The molecule has 0 saturated carbocycles. The second-order valence-corrected chi connectivity index (χ2v) is 9.36. The highest BCUT2D eigenvalue weighted by Crippen LogP contribution is 2.26. The molecule has 3 nitrogen and oxygen atoms in total. The Morgan fingerprint density at radius 1 is 0.833 bits per heavy atom. The quantitative estimate of drug-likeness (QED) is 0.574. The molecule has 0 spiro atoms. The summed E-state index contributed by atoms with van der Waals surface area (Å²) in [5, 5.41) is 0. The summed E-state index contributed by atoms with van der Waals surface area (Å²) in [4.78, 5) is 5.45. The average molecular weight is 407 g/mol. The Morgan fingerprint density at radius 2 is 1.50 bits per heavy atom. The van der Waals surface area contributed by atoms with Crippen molar-refractivity contribution in [2.24, 2.45) is 5.92 Å². The molecule has 0 aliphatic carbocycles. The first-order chi connectivity index (χ1) is 14.7. The standard InChI is InChI=1S/C27H38N2O/c1-22-14-18-28(19-15-22)20-16-26-5-3-4-17-29(26)21-23-6-8-24(9-7-23)25-10-12-27(30-2)13-11-25/h6-13,22,26H,3-5,14-21H2,1-2H3/t26-/m0/s1. The Kier molecular flexibility index (Phi) is 7.46. The van der Waals surface area contributed by atoms with Gasteiger partial charge in [0.2, 0.25) is 0 Å². The summed E-state index contributed by atoms with van der Waals surface area (Å²) in [5.41, 5.74) is 3.95. The molecule has 0 amide bonds. The molecular weight excluding hydrogens is 368 g/mol. The average Bonchev–Trinajstić information content (AvgIpc) is 2.80. The maximum Gasteiger partial charge on any atom is 0.118 e. The van der Waals surface area contributed by atoms with Crippen molar-refractivity contribution in [1.82, 2.24) is 9.80 Å². The van der Waals surface area contributed by atoms with Crippen LogP contribution in [0.1, 0.15) is 51.0 Å². The third-order valence-corrected chi connectivity index (χ3v) is 7.17. The Labute approximate surface area is 183 Å². The summed E-state index contributed by atoms with van der Waals surface area (Å²) in [6.45, 7) is 8.64. The maximum absolute atomic E-state index is 5.27. The van der Waals surface area contributed by atoms with E-state index in [1.807, 2.05) is 12.1 Å². The predicted octanol–water partition coefficient (Wildman–Crippen LogP) is 5.84. The lowest BCUT2D eigenvalue weighted by molar-refractivity contribution is 0.109. The summed E-state index contributed by atoms with van der Waals surface area (Å²) >= 11 is 0. The monoisotopic (exact) mass is 406 g/mol. The third kappa shape index (κ3) is 5.65. The molecule has 0 aromatic heterocycles. The van der Waals surface area contributed by atoms with Crippen molar-refractivity contribution in [3.63, 3.8) is 0 Å². The molecule has 2 aromatic rings. The van der Waals surface area contributed by atoms with Crippen LogP contribution in [0.2, 0.25) is 0 Å². The number of nitrogens with zero attached hydrogens (tertiary/aromatic N) is 2. The number of likely N-dealkylation sites (tertiary alicyclic amines) is 2. The normalized spacial score (nSPS) is 21.6. The van der Waals surface area contributed by atoms with Crippen molar-refractivity contribution < 1.29 is 4.74 Å². The lowest BCUT2D eigenvalue weighted by Crippen LogP contribution is -2.42. The van der Waals surface area contributed by atoms with Crippen LogP contribution in [0.3, 0.4) is 0 Å². The first kappa shape index (κ1) is 21.4. The summed E-state index contributed by atoms with van der Waals surface area (Å²) in [6.07, 6.45) is 8.21. The van der Waals surface area contributed by atoms with E-state index in [4.69, 9.17) is 4.74 Å². The van der Waals surface area contributed by atoms with Gasteiger partial charge in [-0.15, -0.1) is 0 Å². The second kappa shape index (κ2) is 10.5. The minimum Gasteiger partial charge on any atom is -0.497 e. The maximum atomic E-state index is 5.27. The van der Waals surface area contributed by atoms with E-state index < -0.39 is 0 Å². The number of hydrogen-bond donors (Lipinski definition) is 0. The van der Waals surface area contributed by atoms with Crippen molar-refractivity contribution in [3.05, 3.63) is 54.1 Å². The number of benzene rings is 2. The van der Waals surface area contributed by atoms with Crippen LogP contribution in [0.15, 0.2) is 48.5 Å². The van der Waals surface area contributed by atoms with E-state index in [0.29, 0.717) is 0 Å². The van der Waals surface area contributed by atoms with E-state index >= 15 is 0 Å². The fraction of sp³-hybridized carbons (Fsp3) is 0.556. The fourth-order valence-electron chi connectivity index (χ4n) is 5.03. The van der Waals surface area contributed by atoms with E-state index in [1.165, 1.54) is 81.4 Å². The van der Waals surface area contributed by atoms with Gasteiger partial charge in [-0.1, -0.05) is 49.7 Å². The molecule has 0 unspecified atom stereocenters. The predicted molar refractivity (Wildman–Crippen MR) is 126 cm³/mol. The highest BCUT2D eigenvalue weighted by atomic mass is 16.5. The van der Waals surface area contributed by atoms with Gasteiger partial charge in [-0.05, 0) is 93.0 Å². The SMILES string of the molecule is COc1ccc(-c2ccc(CN3CCCC[C@H]3CCN3CCC(C)CC3)cc2)cc1. The molecule has 2 fully saturated rings. The molecule has 3 heteroatoms. The number of rotatable bonds is 7. The number of methoxy groups -OCH3 is 1. The van der Waals surface area contributed by atoms with E-state index in [1.54, 1.807) is 7.11 Å². The molecule has 0 N–H and O–H groups in total. The Balaban J connectivity index is 1.33.